The highest BCUT2D eigenvalue weighted by Gasteiger charge is 2.45. The predicted octanol–water partition coefficient (Wildman–Crippen LogP) is 2.37. The summed E-state index contributed by atoms with van der Waals surface area (Å²) in [6, 6.07) is 10.0. The van der Waals surface area contributed by atoms with Crippen LogP contribution in [-0.4, -0.2) is 65.2 Å². The van der Waals surface area contributed by atoms with E-state index in [-0.39, 0.29) is 23.4 Å². The molecule has 1 aliphatic heterocycles. The molecule has 1 aromatic carbocycles. The molecule has 2 atom stereocenters. The first-order valence-corrected chi connectivity index (χ1v) is 10.2. The zero-order chi connectivity index (χ0) is 21.8. The predicted molar refractivity (Wildman–Crippen MR) is 114 cm³/mol. The Morgan fingerprint density at radius 2 is 1.76 bits per heavy atom. The smallest absolute Gasteiger partial charge is 0.407 e. The summed E-state index contributed by atoms with van der Waals surface area (Å²) < 4.78 is 0. The standard InChI is InChI=1S/C22H36N4O3/c1-21(2,3)18-17(13-24-15-22(4,5)19(23)27)25(11-12-26(18)20(28)29)14-16-9-7-6-8-10-16/h6-10,17-18,24H,11-15H2,1-5H3,(H2,23,27)(H,28,29). The summed E-state index contributed by atoms with van der Waals surface area (Å²) in [4.78, 5) is 27.6. The number of carbonyl (C=O) groups is 2. The van der Waals surface area contributed by atoms with Crippen molar-refractivity contribution in [3.63, 3.8) is 0 Å². The van der Waals surface area contributed by atoms with Gasteiger partial charge in [0.25, 0.3) is 0 Å². The molecule has 1 aliphatic rings. The summed E-state index contributed by atoms with van der Waals surface area (Å²) in [5, 5.41) is 13.2. The summed E-state index contributed by atoms with van der Waals surface area (Å²) in [6.45, 7) is 12.8. The average molecular weight is 405 g/mol. The van der Waals surface area contributed by atoms with E-state index in [2.05, 4.69) is 43.1 Å². The third kappa shape index (κ3) is 5.93. The van der Waals surface area contributed by atoms with E-state index < -0.39 is 11.5 Å². The number of hydrogen-bond donors (Lipinski definition) is 3. The second kappa shape index (κ2) is 9.13. The first kappa shape index (κ1) is 23.2. The molecule has 0 aromatic heterocycles. The topological polar surface area (TPSA) is 98.9 Å². The molecule has 0 spiro atoms. The van der Waals surface area contributed by atoms with Crippen molar-refractivity contribution in [3.8, 4) is 0 Å². The number of piperazine rings is 1. The van der Waals surface area contributed by atoms with Gasteiger partial charge in [0.15, 0.2) is 0 Å². The Hall–Kier alpha value is -2.12. The van der Waals surface area contributed by atoms with Gasteiger partial charge >= 0.3 is 6.09 Å². The molecule has 7 nitrogen and oxygen atoms in total. The van der Waals surface area contributed by atoms with Crippen molar-refractivity contribution in [1.82, 2.24) is 15.1 Å². The highest BCUT2D eigenvalue weighted by atomic mass is 16.4. The largest absolute Gasteiger partial charge is 0.465 e. The van der Waals surface area contributed by atoms with Gasteiger partial charge in [-0.05, 0) is 24.8 Å². The van der Waals surface area contributed by atoms with Crippen LogP contribution < -0.4 is 11.1 Å². The molecule has 1 saturated heterocycles. The van der Waals surface area contributed by atoms with Crippen LogP contribution in [0.4, 0.5) is 4.79 Å². The minimum absolute atomic E-state index is 0.0243. The van der Waals surface area contributed by atoms with Gasteiger partial charge in [0.05, 0.1) is 11.5 Å². The van der Waals surface area contributed by atoms with Gasteiger partial charge in [-0.3, -0.25) is 9.69 Å². The maximum Gasteiger partial charge on any atom is 0.407 e. The van der Waals surface area contributed by atoms with Gasteiger partial charge in [-0.15, -0.1) is 0 Å². The second-order valence-electron chi connectivity index (χ2n) is 9.69. The van der Waals surface area contributed by atoms with E-state index in [1.807, 2.05) is 32.0 Å². The fourth-order valence-corrected chi connectivity index (χ4v) is 4.08. The molecule has 1 aromatic rings. The van der Waals surface area contributed by atoms with Gasteiger partial charge in [0.1, 0.15) is 0 Å². The van der Waals surface area contributed by atoms with Crippen LogP contribution in [0.1, 0.15) is 40.2 Å². The van der Waals surface area contributed by atoms with E-state index in [1.165, 1.54) is 5.56 Å². The van der Waals surface area contributed by atoms with Crippen molar-refractivity contribution in [2.24, 2.45) is 16.6 Å². The van der Waals surface area contributed by atoms with Crippen molar-refractivity contribution < 1.29 is 14.7 Å². The molecular formula is C22H36N4O3. The number of nitrogens with zero attached hydrogens (tertiary/aromatic N) is 2. The van der Waals surface area contributed by atoms with E-state index in [4.69, 9.17) is 5.73 Å². The lowest BCUT2D eigenvalue weighted by atomic mass is 9.79. The first-order valence-electron chi connectivity index (χ1n) is 10.2. The lowest BCUT2D eigenvalue weighted by Crippen LogP contribution is -2.67. The monoisotopic (exact) mass is 404 g/mol. The maximum absolute atomic E-state index is 12.0. The molecule has 0 radical (unpaired) electrons. The summed E-state index contributed by atoms with van der Waals surface area (Å²) in [6.07, 6.45) is -0.883. The van der Waals surface area contributed by atoms with Crippen molar-refractivity contribution in [3.05, 3.63) is 35.9 Å². The van der Waals surface area contributed by atoms with Crippen LogP contribution in [0.5, 0.6) is 0 Å². The zero-order valence-electron chi connectivity index (χ0n) is 18.3. The molecule has 0 aliphatic carbocycles. The van der Waals surface area contributed by atoms with Crippen LogP contribution in [0.25, 0.3) is 0 Å². The highest BCUT2D eigenvalue weighted by molar-refractivity contribution is 5.80. The molecule has 162 valence electrons. The first-order chi connectivity index (χ1) is 13.4. The summed E-state index contributed by atoms with van der Waals surface area (Å²) >= 11 is 0. The fraction of sp³-hybridized carbons (Fsp3) is 0.636. The van der Waals surface area contributed by atoms with E-state index in [0.29, 0.717) is 26.2 Å². The molecule has 2 rings (SSSR count). The van der Waals surface area contributed by atoms with E-state index in [9.17, 15) is 14.7 Å². The number of rotatable bonds is 7. The Labute approximate surface area is 174 Å². The van der Waals surface area contributed by atoms with Gasteiger partial charge in [-0.1, -0.05) is 51.1 Å². The van der Waals surface area contributed by atoms with Crippen molar-refractivity contribution >= 4 is 12.0 Å². The highest BCUT2D eigenvalue weighted by Crippen LogP contribution is 2.33. The Kier molecular flexibility index (Phi) is 7.30. The van der Waals surface area contributed by atoms with Crippen molar-refractivity contribution in [2.75, 3.05) is 26.2 Å². The average Bonchev–Trinajstić information content (AvgIpc) is 2.62. The molecule has 7 heteroatoms. The van der Waals surface area contributed by atoms with Crippen LogP contribution >= 0.6 is 0 Å². The Morgan fingerprint density at radius 1 is 1.14 bits per heavy atom. The van der Waals surface area contributed by atoms with Crippen LogP contribution in [-0.2, 0) is 11.3 Å². The fourth-order valence-electron chi connectivity index (χ4n) is 4.08. The Morgan fingerprint density at radius 3 is 2.28 bits per heavy atom. The number of amides is 2. The van der Waals surface area contributed by atoms with Crippen LogP contribution in [0.15, 0.2) is 30.3 Å². The van der Waals surface area contributed by atoms with Gasteiger partial charge in [-0.2, -0.15) is 0 Å². The third-order valence-corrected chi connectivity index (χ3v) is 5.75. The van der Waals surface area contributed by atoms with Gasteiger partial charge < -0.3 is 21.1 Å². The SMILES string of the molecule is CC(C)(CNCC1C(C(C)(C)C)N(C(=O)O)CCN1Cc1ccccc1)C(N)=O. The molecule has 1 heterocycles. The lowest BCUT2D eigenvalue weighted by Gasteiger charge is -2.52. The number of nitrogens with two attached hydrogens (primary N) is 1. The number of primary amides is 1. The van der Waals surface area contributed by atoms with Crippen molar-refractivity contribution in [2.45, 2.75) is 53.2 Å². The number of benzene rings is 1. The van der Waals surface area contributed by atoms with Crippen LogP contribution in [0.2, 0.25) is 0 Å². The molecule has 0 bridgehead atoms. The molecule has 0 saturated carbocycles. The number of carboxylic acid groups (broad SMARTS) is 1. The molecule has 1 fully saturated rings. The summed E-state index contributed by atoms with van der Waals surface area (Å²) in [7, 11) is 0. The van der Waals surface area contributed by atoms with Crippen molar-refractivity contribution in [1.29, 1.82) is 0 Å². The van der Waals surface area contributed by atoms with Gasteiger partial charge in [0, 0.05) is 38.8 Å². The Bertz CT molecular complexity index is 700. The number of nitrogens with one attached hydrogen (secondary N) is 1. The van der Waals surface area contributed by atoms with Gasteiger partial charge in [-0.25, -0.2) is 4.79 Å². The zero-order valence-corrected chi connectivity index (χ0v) is 18.3. The lowest BCUT2D eigenvalue weighted by molar-refractivity contribution is -0.125. The minimum atomic E-state index is -0.883. The maximum atomic E-state index is 12.0. The molecule has 2 amide bonds. The quantitative estimate of drug-likeness (QED) is 0.648. The minimum Gasteiger partial charge on any atom is -0.465 e. The molecule has 29 heavy (non-hydrogen) atoms. The number of carbonyl (C=O) groups excluding carboxylic acids is 1. The van der Waals surface area contributed by atoms with E-state index in [1.54, 1.807) is 4.90 Å². The number of hydrogen-bond acceptors (Lipinski definition) is 4. The second-order valence-corrected chi connectivity index (χ2v) is 9.69. The van der Waals surface area contributed by atoms with E-state index in [0.717, 1.165) is 6.54 Å². The normalized spacial score (nSPS) is 21.2. The van der Waals surface area contributed by atoms with Crippen LogP contribution in [0.3, 0.4) is 0 Å². The summed E-state index contributed by atoms with van der Waals surface area (Å²) in [5.74, 6) is -0.352. The summed E-state index contributed by atoms with van der Waals surface area (Å²) in [5.41, 5.74) is 5.80. The van der Waals surface area contributed by atoms with Gasteiger partial charge in [0.2, 0.25) is 5.91 Å². The molecule has 2 unspecified atom stereocenters. The molecule has 4 N–H and O–H groups in total. The Balaban J connectivity index is 2.26. The van der Waals surface area contributed by atoms with Crippen LogP contribution in [0, 0.1) is 10.8 Å². The van der Waals surface area contributed by atoms with E-state index >= 15 is 0 Å². The molecular weight excluding hydrogens is 368 g/mol. The third-order valence-electron chi connectivity index (χ3n) is 5.75.